The lowest BCUT2D eigenvalue weighted by Crippen LogP contribution is -2.42. The van der Waals surface area contributed by atoms with Gasteiger partial charge in [0.25, 0.3) is 0 Å². The predicted octanol–water partition coefficient (Wildman–Crippen LogP) is 1.37. The Kier molecular flexibility index (Phi) is 6.02. The first-order valence-electron chi connectivity index (χ1n) is 7.25. The van der Waals surface area contributed by atoms with Crippen LogP contribution in [0.3, 0.4) is 0 Å². The van der Waals surface area contributed by atoms with Crippen molar-refractivity contribution in [2.45, 2.75) is 0 Å². The number of hydrogen-bond acceptors (Lipinski definition) is 4. The molecule has 130 valence electrons. The molecule has 4 N–H and O–H groups in total. The fraction of sp³-hybridized carbons (Fsp3) is 0.118. The van der Waals surface area contributed by atoms with Crippen LogP contribution in [0.2, 0.25) is 0 Å². The van der Waals surface area contributed by atoms with Crippen molar-refractivity contribution in [3.05, 3.63) is 53.2 Å². The number of rotatable bonds is 7. The van der Waals surface area contributed by atoms with Gasteiger partial charge in [0.2, 0.25) is 17.7 Å². The summed E-state index contributed by atoms with van der Waals surface area (Å²) < 4.78 is 13.8. The zero-order valence-corrected chi connectivity index (χ0v) is 14.0. The van der Waals surface area contributed by atoms with E-state index in [1.165, 1.54) is 29.6 Å². The van der Waals surface area contributed by atoms with Gasteiger partial charge in [-0.3, -0.25) is 14.4 Å². The van der Waals surface area contributed by atoms with E-state index in [1.54, 1.807) is 30.3 Å². The number of halogens is 1. The molecule has 25 heavy (non-hydrogen) atoms. The molecule has 0 fully saturated rings. The van der Waals surface area contributed by atoms with Crippen molar-refractivity contribution >= 4 is 35.1 Å². The van der Waals surface area contributed by atoms with Crippen LogP contribution in [0.5, 0.6) is 0 Å². The normalized spacial score (nSPS) is 10.8. The molecule has 1 aromatic carbocycles. The fourth-order valence-electron chi connectivity index (χ4n) is 2.09. The van der Waals surface area contributed by atoms with Gasteiger partial charge in [-0.2, -0.15) is 0 Å². The molecule has 0 atom stereocenters. The van der Waals surface area contributed by atoms with E-state index in [9.17, 15) is 18.8 Å². The molecule has 3 amide bonds. The average Bonchev–Trinajstić information content (AvgIpc) is 3.00. The van der Waals surface area contributed by atoms with Gasteiger partial charge < -0.3 is 16.4 Å². The Balaban J connectivity index is 2.13. The van der Waals surface area contributed by atoms with Crippen molar-refractivity contribution in [2.75, 3.05) is 13.1 Å². The van der Waals surface area contributed by atoms with Crippen molar-refractivity contribution in [1.82, 2.24) is 4.90 Å². The van der Waals surface area contributed by atoms with E-state index >= 15 is 0 Å². The van der Waals surface area contributed by atoms with E-state index in [0.717, 1.165) is 9.78 Å². The van der Waals surface area contributed by atoms with Crippen molar-refractivity contribution in [1.29, 1.82) is 0 Å². The number of benzene rings is 1. The van der Waals surface area contributed by atoms with E-state index in [0.29, 0.717) is 10.4 Å². The number of thiophene rings is 1. The second-order valence-electron chi connectivity index (χ2n) is 5.14. The van der Waals surface area contributed by atoms with E-state index < -0.39 is 30.8 Å². The molecule has 0 saturated heterocycles. The van der Waals surface area contributed by atoms with Gasteiger partial charge in [0.1, 0.15) is 18.9 Å². The molecule has 1 aromatic heterocycles. The number of nitrogens with zero attached hydrogens (tertiary/aromatic N) is 1. The first-order valence-corrected chi connectivity index (χ1v) is 8.07. The van der Waals surface area contributed by atoms with Crippen LogP contribution in [0.15, 0.2) is 42.5 Å². The van der Waals surface area contributed by atoms with Gasteiger partial charge >= 0.3 is 0 Å². The van der Waals surface area contributed by atoms with Gasteiger partial charge in [-0.25, -0.2) is 4.39 Å². The van der Waals surface area contributed by atoms with Crippen LogP contribution in [-0.2, 0) is 14.4 Å². The van der Waals surface area contributed by atoms with Crippen LogP contribution >= 0.6 is 11.3 Å². The molecular formula is C17H16FN3O3S. The zero-order chi connectivity index (χ0) is 18.4. The lowest BCUT2D eigenvalue weighted by Gasteiger charge is -2.17. The summed E-state index contributed by atoms with van der Waals surface area (Å²) in [6.45, 7) is -0.811. The minimum Gasteiger partial charge on any atom is -0.368 e. The molecule has 1 heterocycles. The molecule has 0 radical (unpaired) electrons. The number of carbonyl (C=O) groups is 3. The Bertz CT molecular complexity index is 816. The van der Waals surface area contributed by atoms with Gasteiger partial charge in [-0.15, -0.1) is 11.3 Å². The highest BCUT2D eigenvalue weighted by Gasteiger charge is 2.15. The first-order chi connectivity index (χ1) is 11.9. The molecule has 6 nitrogen and oxygen atoms in total. The number of carbonyl (C=O) groups excluding carboxylic acids is 3. The van der Waals surface area contributed by atoms with Crippen molar-refractivity contribution in [3.63, 3.8) is 0 Å². The standard InChI is InChI=1S/C17H16FN3O3S/c18-13-4-2-1-3-12(13)14-7-5-11(25-14)6-8-17(24)21(9-15(19)22)10-16(20)23/h1-8H,9-10H2,(H2,19,22)(H2,20,23). The molecule has 0 saturated carbocycles. The Morgan fingerprint density at radius 2 is 1.68 bits per heavy atom. The SMILES string of the molecule is NC(=O)CN(CC(N)=O)C(=O)C=Cc1ccc(-c2ccccc2F)s1. The fourth-order valence-corrected chi connectivity index (χ4v) is 3.03. The van der Waals surface area contributed by atoms with Gasteiger partial charge in [-0.1, -0.05) is 18.2 Å². The van der Waals surface area contributed by atoms with Crippen LogP contribution < -0.4 is 11.5 Å². The summed E-state index contributed by atoms with van der Waals surface area (Å²) >= 11 is 1.30. The molecule has 0 spiro atoms. The summed E-state index contributed by atoms with van der Waals surface area (Å²) in [5.41, 5.74) is 10.6. The molecule has 0 aliphatic carbocycles. The summed E-state index contributed by atoms with van der Waals surface area (Å²) in [6.07, 6.45) is 2.73. The Labute approximate surface area is 147 Å². The van der Waals surface area contributed by atoms with Crippen LogP contribution in [0.4, 0.5) is 4.39 Å². The van der Waals surface area contributed by atoms with Crippen LogP contribution in [0, 0.1) is 5.82 Å². The summed E-state index contributed by atoms with van der Waals surface area (Å²) in [4.78, 5) is 36.4. The van der Waals surface area contributed by atoms with E-state index in [4.69, 9.17) is 11.5 Å². The minimum atomic E-state index is -0.749. The van der Waals surface area contributed by atoms with E-state index in [-0.39, 0.29) is 5.82 Å². The quantitative estimate of drug-likeness (QED) is 0.727. The molecule has 0 aliphatic heterocycles. The second-order valence-corrected chi connectivity index (χ2v) is 6.26. The predicted molar refractivity (Wildman–Crippen MR) is 93.7 cm³/mol. The van der Waals surface area contributed by atoms with Crippen LogP contribution in [-0.4, -0.2) is 35.7 Å². The summed E-state index contributed by atoms with van der Waals surface area (Å²) in [5.74, 6) is -2.40. The van der Waals surface area contributed by atoms with Crippen LogP contribution in [0.1, 0.15) is 4.88 Å². The molecule has 8 heteroatoms. The van der Waals surface area contributed by atoms with E-state index in [2.05, 4.69) is 0 Å². The third kappa shape index (κ3) is 5.25. The van der Waals surface area contributed by atoms with Gasteiger partial charge in [-0.05, 0) is 24.3 Å². The van der Waals surface area contributed by atoms with Gasteiger partial charge in [0.05, 0.1) is 0 Å². The van der Waals surface area contributed by atoms with E-state index in [1.807, 2.05) is 0 Å². The van der Waals surface area contributed by atoms with Crippen molar-refractivity contribution < 1.29 is 18.8 Å². The number of hydrogen-bond donors (Lipinski definition) is 2. The van der Waals surface area contributed by atoms with Crippen molar-refractivity contribution in [3.8, 4) is 10.4 Å². The topological polar surface area (TPSA) is 106 Å². The first kappa shape index (κ1) is 18.3. The number of nitrogens with two attached hydrogens (primary N) is 2. The number of primary amides is 2. The number of amides is 3. The lowest BCUT2D eigenvalue weighted by atomic mass is 10.2. The van der Waals surface area contributed by atoms with Gasteiger partial charge in [0, 0.05) is 21.4 Å². The third-order valence-electron chi connectivity index (χ3n) is 3.16. The largest absolute Gasteiger partial charge is 0.368 e. The maximum absolute atomic E-state index is 13.8. The molecular weight excluding hydrogens is 345 g/mol. The second kappa shape index (κ2) is 8.20. The summed E-state index contributed by atoms with van der Waals surface area (Å²) in [7, 11) is 0. The smallest absolute Gasteiger partial charge is 0.247 e. The summed E-state index contributed by atoms with van der Waals surface area (Å²) in [5, 5.41) is 0. The molecule has 2 aromatic rings. The monoisotopic (exact) mass is 361 g/mol. The molecule has 0 unspecified atom stereocenters. The maximum Gasteiger partial charge on any atom is 0.247 e. The molecule has 0 aliphatic rings. The zero-order valence-electron chi connectivity index (χ0n) is 13.1. The van der Waals surface area contributed by atoms with Gasteiger partial charge in [0.15, 0.2) is 0 Å². The Morgan fingerprint density at radius 1 is 1.04 bits per heavy atom. The maximum atomic E-state index is 13.8. The van der Waals surface area contributed by atoms with Crippen molar-refractivity contribution in [2.24, 2.45) is 11.5 Å². The third-order valence-corrected chi connectivity index (χ3v) is 4.25. The highest BCUT2D eigenvalue weighted by Crippen LogP contribution is 2.30. The molecule has 2 rings (SSSR count). The minimum absolute atomic E-state index is 0.329. The Hall–Kier alpha value is -3.00. The Morgan fingerprint density at radius 3 is 2.28 bits per heavy atom. The highest BCUT2D eigenvalue weighted by molar-refractivity contribution is 7.16. The lowest BCUT2D eigenvalue weighted by molar-refractivity contribution is -0.134. The average molecular weight is 361 g/mol. The summed E-state index contributed by atoms with van der Waals surface area (Å²) in [6, 6.07) is 9.88. The highest BCUT2D eigenvalue weighted by atomic mass is 32.1. The van der Waals surface area contributed by atoms with Crippen LogP contribution in [0.25, 0.3) is 16.5 Å². The molecule has 0 bridgehead atoms.